The number of hydrogen-bond acceptors (Lipinski definition) is 5. The average molecular weight is 319 g/mol. The van der Waals surface area contributed by atoms with E-state index >= 15 is 0 Å². The molecule has 0 saturated heterocycles. The Labute approximate surface area is 123 Å². The van der Waals surface area contributed by atoms with Gasteiger partial charge in [-0.25, -0.2) is 0 Å². The van der Waals surface area contributed by atoms with Gasteiger partial charge in [0.1, 0.15) is 0 Å². The van der Waals surface area contributed by atoms with Crippen molar-refractivity contribution in [2.45, 2.75) is 4.90 Å². The maximum Gasteiger partial charge on any atom is 0.332 e. The van der Waals surface area contributed by atoms with Gasteiger partial charge in [0.2, 0.25) is 0 Å². The number of benzene rings is 1. The number of halogens is 1. The van der Waals surface area contributed by atoms with E-state index in [0.29, 0.717) is 26.3 Å². The molecule has 0 fully saturated rings. The van der Waals surface area contributed by atoms with E-state index in [1.54, 1.807) is 0 Å². The number of methoxy groups -OCH3 is 2. The third-order valence-electron chi connectivity index (χ3n) is 2.78. The summed E-state index contributed by atoms with van der Waals surface area (Å²) in [6, 6.07) is 4.87. The van der Waals surface area contributed by atoms with E-state index in [-0.39, 0.29) is 5.56 Å². The number of carbonyl (C=O) groups is 1. The van der Waals surface area contributed by atoms with E-state index in [9.17, 15) is 17.1 Å². The number of amides is 1. The number of ether oxygens (including phenoxy) is 2. The molecule has 6 nitrogen and oxygen atoms in total. The number of nitrogens with zero attached hydrogens (tertiary/aromatic N) is 1. The Morgan fingerprint density at radius 1 is 1.19 bits per heavy atom. The Hall–Kier alpha value is -1.51. The molecule has 0 saturated carbocycles. The minimum atomic E-state index is -4.84. The molecule has 0 bridgehead atoms. The molecule has 1 rings (SSSR count). The van der Waals surface area contributed by atoms with Crippen LogP contribution in [0.5, 0.6) is 0 Å². The van der Waals surface area contributed by atoms with Gasteiger partial charge in [0.05, 0.1) is 18.1 Å². The summed E-state index contributed by atoms with van der Waals surface area (Å²) in [6.45, 7) is 1.31. The molecular formula is C13H18FNO5S. The fourth-order valence-electron chi connectivity index (χ4n) is 1.68. The van der Waals surface area contributed by atoms with Crippen molar-refractivity contribution in [3.8, 4) is 0 Å². The van der Waals surface area contributed by atoms with Gasteiger partial charge in [0.25, 0.3) is 5.91 Å². The van der Waals surface area contributed by atoms with Gasteiger partial charge in [0, 0.05) is 32.9 Å². The van der Waals surface area contributed by atoms with Crippen LogP contribution in [0.2, 0.25) is 0 Å². The second kappa shape index (κ2) is 8.06. The standard InChI is InChI=1S/C13H18FNO5S/c1-19-8-6-15(7-9-20-2)13(16)11-4-3-5-12(10-11)21(14,17)18/h3-5,10H,6-9H2,1-2H3. The van der Waals surface area contributed by atoms with Crippen molar-refractivity contribution in [2.75, 3.05) is 40.5 Å². The molecule has 1 aromatic rings. The lowest BCUT2D eigenvalue weighted by molar-refractivity contribution is 0.0627. The van der Waals surface area contributed by atoms with Crippen LogP contribution in [0, 0.1) is 0 Å². The monoisotopic (exact) mass is 319 g/mol. The van der Waals surface area contributed by atoms with Gasteiger partial charge in [-0.15, -0.1) is 3.89 Å². The molecule has 0 heterocycles. The van der Waals surface area contributed by atoms with Crippen LogP contribution in [0.15, 0.2) is 29.2 Å². The molecule has 0 atom stereocenters. The fourth-order valence-corrected chi connectivity index (χ4v) is 2.19. The topological polar surface area (TPSA) is 72.9 Å². The summed E-state index contributed by atoms with van der Waals surface area (Å²) in [4.78, 5) is 13.3. The Bertz CT molecular complexity index is 568. The maximum atomic E-state index is 13.0. The van der Waals surface area contributed by atoms with Crippen LogP contribution in [0.1, 0.15) is 10.4 Å². The molecule has 1 aromatic carbocycles. The zero-order valence-electron chi connectivity index (χ0n) is 11.9. The molecule has 0 N–H and O–H groups in total. The van der Waals surface area contributed by atoms with Crippen LogP contribution in [-0.2, 0) is 19.7 Å². The Kier molecular flexibility index (Phi) is 6.73. The highest BCUT2D eigenvalue weighted by molar-refractivity contribution is 7.86. The van der Waals surface area contributed by atoms with E-state index in [0.717, 1.165) is 12.1 Å². The third kappa shape index (κ3) is 5.41. The van der Waals surface area contributed by atoms with E-state index in [4.69, 9.17) is 9.47 Å². The van der Waals surface area contributed by atoms with E-state index in [1.807, 2.05) is 0 Å². The molecule has 0 aliphatic carbocycles. The molecule has 21 heavy (non-hydrogen) atoms. The van der Waals surface area contributed by atoms with E-state index in [2.05, 4.69) is 0 Å². The number of carbonyl (C=O) groups excluding carboxylic acids is 1. The summed E-state index contributed by atoms with van der Waals surface area (Å²) in [5.74, 6) is -0.408. The van der Waals surface area contributed by atoms with Crippen molar-refractivity contribution in [3.63, 3.8) is 0 Å². The van der Waals surface area contributed by atoms with Gasteiger partial charge >= 0.3 is 10.2 Å². The minimum Gasteiger partial charge on any atom is -0.383 e. The normalized spacial score (nSPS) is 11.4. The molecule has 0 aliphatic rings. The summed E-state index contributed by atoms with van der Waals surface area (Å²) < 4.78 is 44.6. The molecule has 0 radical (unpaired) electrons. The van der Waals surface area contributed by atoms with Crippen LogP contribution >= 0.6 is 0 Å². The van der Waals surface area contributed by atoms with Gasteiger partial charge in [-0.1, -0.05) is 6.07 Å². The summed E-state index contributed by atoms with van der Waals surface area (Å²) in [5, 5.41) is 0. The van der Waals surface area contributed by atoms with Crippen molar-refractivity contribution < 1.29 is 26.6 Å². The summed E-state index contributed by atoms with van der Waals surface area (Å²) >= 11 is 0. The summed E-state index contributed by atoms with van der Waals surface area (Å²) in [5.41, 5.74) is 0.0981. The summed E-state index contributed by atoms with van der Waals surface area (Å²) in [6.07, 6.45) is 0. The third-order valence-corrected chi connectivity index (χ3v) is 3.60. The van der Waals surface area contributed by atoms with Crippen LogP contribution < -0.4 is 0 Å². The van der Waals surface area contributed by atoms with Crippen LogP contribution in [0.25, 0.3) is 0 Å². The highest BCUT2D eigenvalue weighted by Gasteiger charge is 2.19. The van der Waals surface area contributed by atoms with Gasteiger partial charge in [-0.3, -0.25) is 4.79 Å². The SMILES string of the molecule is COCCN(CCOC)C(=O)c1cccc(S(=O)(=O)F)c1. The average Bonchev–Trinajstić information content (AvgIpc) is 2.46. The first-order valence-electron chi connectivity index (χ1n) is 6.22. The Morgan fingerprint density at radius 3 is 2.24 bits per heavy atom. The van der Waals surface area contributed by atoms with Crippen molar-refractivity contribution >= 4 is 16.1 Å². The van der Waals surface area contributed by atoms with Gasteiger partial charge in [-0.2, -0.15) is 8.42 Å². The lowest BCUT2D eigenvalue weighted by Crippen LogP contribution is -2.36. The van der Waals surface area contributed by atoms with E-state index in [1.165, 1.54) is 31.3 Å². The molecule has 0 spiro atoms. The Balaban J connectivity index is 2.97. The number of rotatable bonds is 8. The van der Waals surface area contributed by atoms with Gasteiger partial charge in [0.15, 0.2) is 0 Å². The fraction of sp³-hybridized carbons (Fsp3) is 0.462. The Morgan fingerprint density at radius 2 is 1.76 bits per heavy atom. The van der Waals surface area contributed by atoms with Crippen molar-refractivity contribution in [1.29, 1.82) is 0 Å². The zero-order valence-corrected chi connectivity index (χ0v) is 12.7. The molecule has 118 valence electrons. The van der Waals surface area contributed by atoms with Crippen molar-refractivity contribution in [2.24, 2.45) is 0 Å². The summed E-state index contributed by atoms with van der Waals surface area (Å²) in [7, 11) is -1.82. The highest BCUT2D eigenvalue weighted by atomic mass is 32.3. The quantitative estimate of drug-likeness (QED) is 0.670. The maximum absolute atomic E-state index is 13.0. The molecule has 0 aromatic heterocycles. The zero-order chi connectivity index (χ0) is 15.9. The lowest BCUT2D eigenvalue weighted by Gasteiger charge is -2.22. The first-order valence-corrected chi connectivity index (χ1v) is 7.60. The largest absolute Gasteiger partial charge is 0.383 e. The minimum absolute atomic E-state index is 0.0981. The first-order chi connectivity index (χ1) is 9.90. The molecule has 1 amide bonds. The predicted octanol–water partition coefficient (Wildman–Crippen LogP) is 1.08. The highest BCUT2D eigenvalue weighted by Crippen LogP contribution is 2.15. The molecule has 0 unspecified atom stereocenters. The first kappa shape index (κ1) is 17.5. The predicted molar refractivity (Wildman–Crippen MR) is 74.4 cm³/mol. The second-order valence-corrected chi connectivity index (χ2v) is 5.59. The van der Waals surface area contributed by atoms with Crippen molar-refractivity contribution in [3.05, 3.63) is 29.8 Å². The van der Waals surface area contributed by atoms with Crippen molar-refractivity contribution in [1.82, 2.24) is 4.90 Å². The van der Waals surface area contributed by atoms with Crippen LogP contribution in [0.4, 0.5) is 3.89 Å². The molecule has 8 heteroatoms. The second-order valence-electron chi connectivity index (χ2n) is 4.24. The lowest BCUT2D eigenvalue weighted by atomic mass is 10.2. The number of hydrogen-bond donors (Lipinski definition) is 0. The smallest absolute Gasteiger partial charge is 0.332 e. The van der Waals surface area contributed by atoms with Gasteiger partial charge in [-0.05, 0) is 18.2 Å². The molecule has 0 aliphatic heterocycles. The molecular weight excluding hydrogens is 301 g/mol. The van der Waals surface area contributed by atoms with Crippen LogP contribution in [-0.4, -0.2) is 59.7 Å². The van der Waals surface area contributed by atoms with E-state index < -0.39 is 21.0 Å². The van der Waals surface area contributed by atoms with Gasteiger partial charge < -0.3 is 14.4 Å². The van der Waals surface area contributed by atoms with Crippen LogP contribution in [0.3, 0.4) is 0 Å².